The quantitative estimate of drug-likeness (QED) is 0.689. The Hall–Kier alpha value is -1.32. The molecular weight excluding hydrogens is 180 g/mol. The molecule has 0 aromatic carbocycles. The lowest BCUT2D eigenvalue weighted by atomic mass is 10.2. The van der Waals surface area contributed by atoms with Crippen LogP contribution in [0.2, 0.25) is 0 Å². The summed E-state index contributed by atoms with van der Waals surface area (Å²) in [6.45, 7) is 5.63. The van der Waals surface area contributed by atoms with Gasteiger partial charge >= 0.3 is 5.97 Å². The van der Waals surface area contributed by atoms with Crippen LogP contribution in [0.3, 0.4) is 0 Å². The van der Waals surface area contributed by atoms with E-state index in [-0.39, 0.29) is 12.1 Å². The van der Waals surface area contributed by atoms with Gasteiger partial charge < -0.3 is 4.74 Å². The Kier molecular flexibility index (Phi) is 3.28. The molecule has 0 saturated carbocycles. The molecule has 0 radical (unpaired) electrons. The molecule has 14 heavy (non-hydrogen) atoms. The fourth-order valence-corrected chi connectivity index (χ4v) is 1.24. The second-order valence-electron chi connectivity index (χ2n) is 3.47. The summed E-state index contributed by atoms with van der Waals surface area (Å²) in [7, 11) is 1.80. The van der Waals surface area contributed by atoms with Crippen LogP contribution < -0.4 is 0 Å². The Balaban J connectivity index is 2.88. The summed E-state index contributed by atoms with van der Waals surface area (Å²) in [6, 6.07) is 0. The summed E-state index contributed by atoms with van der Waals surface area (Å²) in [5.74, 6) is -0.287. The number of hydrogen-bond donors (Lipinski definition) is 0. The average Bonchev–Trinajstić information content (AvgIpc) is 2.45. The number of carbonyl (C=O) groups excluding carboxylic acids is 1. The van der Waals surface area contributed by atoms with E-state index in [1.807, 2.05) is 20.8 Å². The van der Waals surface area contributed by atoms with Crippen molar-refractivity contribution < 1.29 is 9.53 Å². The van der Waals surface area contributed by atoms with Gasteiger partial charge in [-0.15, -0.1) is 0 Å². The van der Waals surface area contributed by atoms with Crippen molar-refractivity contribution in [1.82, 2.24) is 9.78 Å². The van der Waals surface area contributed by atoms with E-state index < -0.39 is 0 Å². The van der Waals surface area contributed by atoms with Crippen molar-refractivity contribution in [2.45, 2.75) is 33.3 Å². The molecule has 0 aliphatic heterocycles. The first-order valence-electron chi connectivity index (χ1n) is 4.78. The van der Waals surface area contributed by atoms with Crippen LogP contribution in [0.25, 0.3) is 0 Å². The number of aromatic nitrogens is 2. The third kappa shape index (κ3) is 2.34. The summed E-state index contributed by atoms with van der Waals surface area (Å²) in [5.41, 5.74) is 1.36. The van der Waals surface area contributed by atoms with Gasteiger partial charge in [-0.25, -0.2) is 4.79 Å². The Morgan fingerprint density at radius 3 is 2.79 bits per heavy atom. The van der Waals surface area contributed by atoms with Gasteiger partial charge in [-0.05, 0) is 20.3 Å². The van der Waals surface area contributed by atoms with Crippen molar-refractivity contribution in [2.75, 3.05) is 0 Å². The van der Waals surface area contributed by atoms with E-state index in [1.54, 1.807) is 17.9 Å². The first-order chi connectivity index (χ1) is 6.54. The monoisotopic (exact) mass is 196 g/mol. The molecule has 4 heteroatoms. The maximum absolute atomic E-state index is 11.6. The van der Waals surface area contributed by atoms with Crippen molar-refractivity contribution >= 4 is 5.97 Å². The van der Waals surface area contributed by atoms with Crippen LogP contribution in [-0.4, -0.2) is 21.9 Å². The Bertz CT molecular complexity index is 329. The predicted molar refractivity (Wildman–Crippen MR) is 53.1 cm³/mol. The van der Waals surface area contributed by atoms with Gasteiger partial charge in [0.1, 0.15) is 5.56 Å². The minimum atomic E-state index is -0.287. The molecule has 1 rings (SSSR count). The number of ether oxygens (including phenoxy) is 1. The fourth-order valence-electron chi connectivity index (χ4n) is 1.24. The molecule has 0 bridgehead atoms. The third-order valence-electron chi connectivity index (χ3n) is 1.80. The molecule has 1 aromatic heterocycles. The largest absolute Gasteiger partial charge is 0.459 e. The molecule has 0 saturated heterocycles. The lowest BCUT2D eigenvalue weighted by molar-refractivity contribution is 0.0376. The highest BCUT2D eigenvalue weighted by molar-refractivity contribution is 5.90. The van der Waals surface area contributed by atoms with Gasteiger partial charge in [0.2, 0.25) is 0 Å². The van der Waals surface area contributed by atoms with Gasteiger partial charge in [0.25, 0.3) is 0 Å². The molecule has 0 aliphatic carbocycles. The highest BCUT2D eigenvalue weighted by Crippen LogP contribution is 2.09. The molecule has 1 heterocycles. The normalized spacial score (nSPS) is 10.6. The lowest BCUT2D eigenvalue weighted by Crippen LogP contribution is -2.12. The number of carbonyl (C=O) groups is 1. The van der Waals surface area contributed by atoms with Crippen LogP contribution in [0.15, 0.2) is 6.20 Å². The molecule has 0 fully saturated rings. The van der Waals surface area contributed by atoms with Gasteiger partial charge in [-0.2, -0.15) is 5.10 Å². The van der Waals surface area contributed by atoms with Crippen LogP contribution in [0.4, 0.5) is 0 Å². The SMILES string of the molecule is CCc1nn(C)cc1C(=O)OC(C)C. The minimum absolute atomic E-state index is 0.0904. The molecule has 0 spiro atoms. The van der Waals surface area contributed by atoms with Crippen molar-refractivity contribution in [3.05, 3.63) is 17.5 Å². The summed E-state index contributed by atoms with van der Waals surface area (Å²) in [6.07, 6.45) is 2.35. The maximum Gasteiger partial charge on any atom is 0.341 e. The van der Waals surface area contributed by atoms with Crippen molar-refractivity contribution in [2.24, 2.45) is 7.05 Å². The van der Waals surface area contributed by atoms with Crippen LogP contribution in [0.1, 0.15) is 36.8 Å². The zero-order chi connectivity index (χ0) is 10.7. The van der Waals surface area contributed by atoms with E-state index >= 15 is 0 Å². The van der Waals surface area contributed by atoms with E-state index in [4.69, 9.17) is 4.74 Å². The molecule has 4 nitrogen and oxygen atoms in total. The first-order valence-corrected chi connectivity index (χ1v) is 4.78. The zero-order valence-corrected chi connectivity index (χ0v) is 9.07. The smallest absolute Gasteiger partial charge is 0.341 e. The van der Waals surface area contributed by atoms with Crippen LogP contribution >= 0.6 is 0 Å². The fraction of sp³-hybridized carbons (Fsp3) is 0.600. The number of esters is 1. The zero-order valence-electron chi connectivity index (χ0n) is 9.07. The van der Waals surface area contributed by atoms with E-state index in [0.717, 1.165) is 12.1 Å². The molecule has 78 valence electrons. The van der Waals surface area contributed by atoms with Gasteiger partial charge in [0, 0.05) is 13.2 Å². The second-order valence-corrected chi connectivity index (χ2v) is 3.47. The predicted octanol–water partition coefficient (Wildman–Crippen LogP) is 1.55. The molecule has 0 amide bonds. The first kappa shape index (κ1) is 10.8. The van der Waals surface area contributed by atoms with Gasteiger partial charge in [-0.3, -0.25) is 4.68 Å². The second kappa shape index (κ2) is 4.26. The Morgan fingerprint density at radius 1 is 1.64 bits per heavy atom. The van der Waals surface area contributed by atoms with Crippen LogP contribution in [0.5, 0.6) is 0 Å². The maximum atomic E-state index is 11.6. The number of aryl methyl sites for hydroxylation is 2. The summed E-state index contributed by atoms with van der Waals surface area (Å²) in [5, 5.41) is 4.17. The summed E-state index contributed by atoms with van der Waals surface area (Å²) < 4.78 is 6.73. The van der Waals surface area contributed by atoms with Crippen molar-refractivity contribution in [3.8, 4) is 0 Å². The highest BCUT2D eigenvalue weighted by Gasteiger charge is 2.16. The van der Waals surface area contributed by atoms with Gasteiger partial charge in [-0.1, -0.05) is 6.92 Å². The molecular formula is C10H16N2O2. The molecule has 0 unspecified atom stereocenters. The molecule has 0 atom stereocenters. The highest BCUT2D eigenvalue weighted by atomic mass is 16.5. The average molecular weight is 196 g/mol. The van der Waals surface area contributed by atoms with Crippen molar-refractivity contribution in [1.29, 1.82) is 0 Å². The topological polar surface area (TPSA) is 44.1 Å². The molecule has 0 aliphatic rings. The van der Waals surface area contributed by atoms with E-state index in [2.05, 4.69) is 5.10 Å². The minimum Gasteiger partial charge on any atom is -0.459 e. The number of rotatable bonds is 3. The summed E-state index contributed by atoms with van der Waals surface area (Å²) in [4.78, 5) is 11.6. The van der Waals surface area contributed by atoms with E-state index in [1.165, 1.54) is 0 Å². The van der Waals surface area contributed by atoms with Crippen molar-refractivity contribution in [3.63, 3.8) is 0 Å². The third-order valence-corrected chi connectivity index (χ3v) is 1.80. The van der Waals surface area contributed by atoms with E-state index in [0.29, 0.717) is 5.56 Å². The van der Waals surface area contributed by atoms with Crippen LogP contribution in [-0.2, 0) is 18.2 Å². The van der Waals surface area contributed by atoms with E-state index in [9.17, 15) is 4.79 Å². The number of hydrogen-bond acceptors (Lipinski definition) is 3. The Morgan fingerprint density at radius 2 is 2.29 bits per heavy atom. The van der Waals surface area contributed by atoms with Gasteiger partial charge in [0.05, 0.1) is 11.8 Å². The van der Waals surface area contributed by atoms with Crippen LogP contribution in [0, 0.1) is 0 Å². The number of nitrogens with zero attached hydrogens (tertiary/aromatic N) is 2. The molecule has 1 aromatic rings. The summed E-state index contributed by atoms with van der Waals surface area (Å²) >= 11 is 0. The molecule has 0 N–H and O–H groups in total. The standard InChI is InChI=1S/C10H16N2O2/c1-5-9-8(6-12(4)11-9)10(13)14-7(2)3/h6-7H,5H2,1-4H3. The Labute approximate surface area is 83.9 Å². The van der Waals surface area contributed by atoms with Gasteiger partial charge in [0.15, 0.2) is 0 Å². The lowest BCUT2D eigenvalue weighted by Gasteiger charge is -2.06.